The van der Waals surface area contributed by atoms with Crippen LogP contribution < -0.4 is 10.6 Å². The van der Waals surface area contributed by atoms with Crippen LogP contribution in [0.4, 0.5) is 0 Å². The molecule has 2 N–H and O–H groups in total. The minimum Gasteiger partial charge on any atom is -0.350 e. The topological polar surface area (TPSA) is 58.2 Å². The molecule has 0 heterocycles. The first-order valence-electron chi connectivity index (χ1n) is 6.99. The average molecular weight is 421 g/mol. The molecule has 0 radical (unpaired) electrons. The number of benzene rings is 1. The number of carbonyl (C=O) groups excluding carboxylic acids is 2. The number of hydrogen-bond acceptors (Lipinski definition) is 2. The Kier molecular flexibility index (Phi) is 5.87. The predicted octanol–water partition coefficient (Wildman–Crippen LogP) is 2.87. The molecule has 1 fully saturated rings. The fourth-order valence-corrected chi connectivity index (χ4v) is 2.60. The molecule has 6 heteroatoms. The predicted molar refractivity (Wildman–Crippen MR) is 91.0 cm³/mol. The van der Waals surface area contributed by atoms with Gasteiger partial charge in [-0.2, -0.15) is 0 Å². The van der Waals surface area contributed by atoms with E-state index < -0.39 is 6.04 Å². The molecule has 114 valence electrons. The Morgan fingerprint density at radius 2 is 2.14 bits per heavy atom. The van der Waals surface area contributed by atoms with Crippen molar-refractivity contribution in [2.45, 2.75) is 38.8 Å². The highest BCUT2D eigenvalue weighted by Crippen LogP contribution is 2.26. The van der Waals surface area contributed by atoms with Crippen molar-refractivity contribution >= 4 is 46.0 Å². The molecule has 0 saturated heterocycles. The van der Waals surface area contributed by atoms with Gasteiger partial charge in [-0.3, -0.25) is 9.59 Å². The highest BCUT2D eigenvalue weighted by Gasteiger charge is 2.27. The highest BCUT2D eigenvalue weighted by molar-refractivity contribution is 14.1. The summed E-state index contributed by atoms with van der Waals surface area (Å²) in [6.45, 7) is 2.10. The SMILES string of the molecule is C[C@@H](NC(=O)C1CCC1)C(=O)NCc1ccc(I)c(Cl)c1. The maximum absolute atomic E-state index is 12.0. The molecular weight excluding hydrogens is 403 g/mol. The second-order valence-electron chi connectivity index (χ2n) is 5.32. The summed E-state index contributed by atoms with van der Waals surface area (Å²) in [5.41, 5.74) is 0.936. The van der Waals surface area contributed by atoms with E-state index in [0.29, 0.717) is 11.6 Å². The van der Waals surface area contributed by atoms with Crippen LogP contribution in [0.5, 0.6) is 0 Å². The highest BCUT2D eigenvalue weighted by atomic mass is 127. The monoisotopic (exact) mass is 420 g/mol. The average Bonchev–Trinajstić information content (AvgIpc) is 2.37. The molecule has 0 spiro atoms. The standard InChI is InChI=1S/C15H18ClIN2O2/c1-9(19-15(21)11-3-2-4-11)14(20)18-8-10-5-6-13(17)12(16)7-10/h5-7,9,11H,2-4,8H2,1H3,(H,18,20)(H,19,21)/t9-/m1/s1. The van der Waals surface area contributed by atoms with Gasteiger partial charge in [0, 0.05) is 16.0 Å². The molecule has 1 aliphatic rings. The fraction of sp³-hybridized carbons (Fsp3) is 0.467. The van der Waals surface area contributed by atoms with Crippen molar-refractivity contribution < 1.29 is 9.59 Å². The summed E-state index contributed by atoms with van der Waals surface area (Å²) >= 11 is 8.20. The van der Waals surface area contributed by atoms with Crippen LogP contribution in [0.3, 0.4) is 0 Å². The van der Waals surface area contributed by atoms with E-state index in [4.69, 9.17) is 11.6 Å². The zero-order valence-corrected chi connectivity index (χ0v) is 14.7. The molecule has 1 aromatic rings. The normalized spacial score (nSPS) is 16.0. The van der Waals surface area contributed by atoms with Crippen LogP contribution >= 0.6 is 34.2 Å². The first-order chi connectivity index (χ1) is 9.97. The zero-order chi connectivity index (χ0) is 15.4. The summed E-state index contributed by atoms with van der Waals surface area (Å²) in [5, 5.41) is 6.25. The smallest absolute Gasteiger partial charge is 0.242 e. The summed E-state index contributed by atoms with van der Waals surface area (Å²) in [7, 11) is 0. The molecule has 0 unspecified atom stereocenters. The molecule has 1 saturated carbocycles. The number of hydrogen-bond donors (Lipinski definition) is 2. The van der Waals surface area contributed by atoms with Gasteiger partial charge in [-0.25, -0.2) is 0 Å². The van der Waals surface area contributed by atoms with Crippen LogP contribution in [0.1, 0.15) is 31.7 Å². The molecule has 1 atom stereocenters. The van der Waals surface area contributed by atoms with Gasteiger partial charge in [0.2, 0.25) is 11.8 Å². The van der Waals surface area contributed by atoms with E-state index in [-0.39, 0.29) is 17.7 Å². The van der Waals surface area contributed by atoms with Gasteiger partial charge in [-0.1, -0.05) is 24.1 Å². The summed E-state index contributed by atoms with van der Waals surface area (Å²) in [4.78, 5) is 23.8. The Bertz CT molecular complexity index is 546. The van der Waals surface area contributed by atoms with Crippen molar-refractivity contribution in [3.05, 3.63) is 32.4 Å². The van der Waals surface area contributed by atoms with E-state index in [1.54, 1.807) is 6.92 Å². The van der Waals surface area contributed by atoms with E-state index >= 15 is 0 Å². The van der Waals surface area contributed by atoms with Gasteiger partial charge in [-0.15, -0.1) is 0 Å². The zero-order valence-electron chi connectivity index (χ0n) is 11.8. The number of amides is 2. The summed E-state index contributed by atoms with van der Waals surface area (Å²) in [6, 6.07) is 5.15. The van der Waals surface area contributed by atoms with Crippen LogP contribution in [0.2, 0.25) is 5.02 Å². The first kappa shape index (κ1) is 16.5. The van der Waals surface area contributed by atoms with Gasteiger partial charge in [0.15, 0.2) is 0 Å². The van der Waals surface area contributed by atoms with Gasteiger partial charge in [0.05, 0.1) is 5.02 Å². The van der Waals surface area contributed by atoms with Crippen molar-refractivity contribution in [3.8, 4) is 0 Å². The molecule has 2 amide bonds. The van der Waals surface area contributed by atoms with Gasteiger partial charge in [0.1, 0.15) is 6.04 Å². The van der Waals surface area contributed by atoms with E-state index in [2.05, 4.69) is 33.2 Å². The fourth-order valence-electron chi connectivity index (χ4n) is 2.06. The van der Waals surface area contributed by atoms with Crippen molar-refractivity contribution in [3.63, 3.8) is 0 Å². The quantitative estimate of drug-likeness (QED) is 0.720. The van der Waals surface area contributed by atoms with E-state index in [0.717, 1.165) is 28.4 Å². The molecule has 1 aromatic carbocycles. The van der Waals surface area contributed by atoms with Crippen molar-refractivity contribution in [1.82, 2.24) is 10.6 Å². The van der Waals surface area contributed by atoms with Crippen LogP contribution in [0.15, 0.2) is 18.2 Å². The Labute approximate surface area is 143 Å². The summed E-state index contributed by atoms with van der Waals surface area (Å²) in [6.07, 6.45) is 2.97. The largest absolute Gasteiger partial charge is 0.350 e. The number of carbonyl (C=O) groups is 2. The molecule has 2 rings (SSSR count). The van der Waals surface area contributed by atoms with Gasteiger partial charge < -0.3 is 10.6 Å². The summed E-state index contributed by atoms with van der Waals surface area (Å²) < 4.78 is 0.977. The minimum absolute atomic E-state index is 0.0128. The molecule has 0 aliphatic heterocycles. The van der Waals surface area contributed by atoms with E-state index in [9.17, 15) is 9.59 Å². The second-order valence-corrected chi connectivity index (χ2v) is 6.89. The maximum atomic E-state index is 12.0. The van der Waals surface area contributed by atoms with Crippen LogP contribution in [-0.2, 0) is 16.1 Å². The lowest BCUT2D eigenvalue weighted by molar-refractivity contribution is -0.132. The molecule has 4 nitrogen and oxygen atoms in total. The lowest BCUT2D eigenvalue weighted by atomic mass is 9.84. The molecule has 1 aliphatic carbocycles. The van der Waals surface area contributed by atoms with Crippen molar-refractivity contribution in [1.29, 1.82) is 0 Å². The lowest BCUT2D eigenvalue weighted by Gasteiger charge is -2.25. The second kappa shape index (κ2) is 7.45. The molecule has 0 bridgehead atoms. The van der Waals surface area contributed by atoms with Crippen molar-refractivity contribution in [2.75, 3.05) is 0 Å². The Balaban J connectivity index is 1.80. The Morgan fingerprint density at radius 1 is 1.43 bits per heavy atom. The van der Waals surface area contributed by atoms with E-state index in [1.165, 1.54) is 0 Å². The van der Waals surface area contributed by atoms with Crippen LogP contribution in [0, 0.1) is 9.49 Å². The molecule has 21 heavy (non-hydrogen) atoms. The molecule has 0 aromatic heterocycles. The number of nitrogens with one attached hydrogen (secondary N) is 2. The summed E-state index contributed by atoms with van der Waals surface area (Å²) in [5.74, 6) is -0.103. The Morgan fingerprint density at radius 3 is 2.71 bits per heavy atom. The van der Waals surface area contributed by atoms with Gasteiger partial charge in [0.25, 0.3) is 0 Å². The lowest BCUT2D eigenvalue weighted by Crippen LogP contribution is -2.47. The van der Waals surface area contributed by atoms with Crippen LogP contribution in [-0.4, -0.2) is 17.9 Å². The van der Waals surface area contributed by atoms with E-state index in [1.807, 2.05) is 18.2 Å². The molecular formula is C15H18ClIN2O2. The first-order valence-corrected chi connectivity index (χ1v) is 8.45. The van der Waals surface area contributed by atoms with Gasteiger partial charge >= 0.3 is 0 Å². The van der Waals surface area contributed by atoms with Crippen LogP contribution in [0.25, 0.3) is 0 Å². The third-order valence-corrected chi connectivity index (χ3v) is 5.25. The third kappa shape index (κ3) is 4.57. The number of halogens is 2. The third-order valence-electron chi connectivity index (χ3n) is 3.68. The van der Waals surface area contributed by atoms with Crippen molar-refractivity contribution in [2.24, 2.45) is 5.92 Å². The van der Waals surface area contributed by atoms with Gasteiger partial charge in [-0.05, 0) is 60.1 Å². The number of rotatable bonds is 5. The Hall–Kier alpha value is -0.820. The maximum Gasteiger partial charge on any atom is 0.242 e. The minimum atomic E-state index is -0.516.